The van der Waals surface area contributed by atoms with Crippen LogP contribution in [0.3, 0.4) is 0 Å². The molecule has 3 aromatic rings. The molecule has 0 radical (unpaired) electrons. The monoisotopic (exact) mass is 356 g/mol. The van der Waals surface area contributed by atoms with Crippen molar-refractivity contribution in [2.24, 2.45) is 0 Å². The maximum Gasteiger partial charge on any atom is 0.180 e. The van der Waals surface area contributed by atoms with Crippen molar-refractivity contribution in [3.63, 3.8) is 0 Å². The number of hydrogen-bond donors (Lipinski definition) is 2. The molecule has 25 heavy (non-hydrogen) atoms. The Bertz CT molecular complexity index is 797. The summed E-state index contributed by atoms with van der Waals surface area (Å²) in [5.41, 5.74) is 2.08. The number of aromatic nitrogens is 2. The Kier molecular flexibility index (Phi) is 5.69. The highest BCUT2D eigenvalue weighted by atomic mass is 32.1. The van der Waals surface area contributed by atoms with Crippen LogP contribution >= 0.6 is 12.2 Å². The molecular weight excluding hydrogens is 336 g/mol. The first kappa shape index (κ1) is 17.0. The van der Waals surface area contributed by atoms with Crippen LogP contribution in [0.1, 0.15) is 18.2 Å². The molecule has 0 fully saturated rings. The summed E-state index contributed by atoms with van der Waals surface area (Å²) in [5.74, 6) is 1.64. The van der Waals surface area contributed by atoms with Crippen molar-refractivity contribution in [2.45, 2.75) is 26.6 Å². The molecule has 0 saturated carbocycles. The van der Waals surface area contributed by atoms with Crippen LogP contribution in [0.5, 0.6) is 5.75 Å². The summed E-state index contributed by atoms with van der Waals surface area (Å²) in [6, 6.07) is 11.8. The number of aryl methyl sites for hydroxylation is 1. The Balaban J connectivity index is 1.45. The zero-order valence-corrected chi connectivity index (χ0v) is 14.8. The van der Waals surface area contributed by atoms with E-state index in [0.717, 1.165) is 23.6 Å². The predicted molar refractivity (Wildman–Crippen MR) is 100 cm³/mol. The predicted octanol–water partition coefficient (Wildman–Crippen LogP) is 3.56. The van der Waals surface area contributed by atoms with E-state index in [9.17, 15) is 0 Å². The summed E-state index contributed by atoms with van der Waals surface area (Å²) in [5, 5.41) is 10.9. The third-order valence-electron chi connectivity index (χ3n) is 3.59. The summed E-state index contributed by atoms with van der Waals surface area (Å²) in [6.07, 6.45) is 6.18. The van der Waals surface area contributed by atoms with E-state index in [0.29, 0.717) is 18.4 Å². The number of benzene rings is 1. The molecule has 0 amide bonds. The number of anilines is 1. The molecule has 130 valence electrons. The third-order valence-corrected chi connectivity index (χ3v) is 3.84. The summed E-state index contributed by atoms with van der Waals surface area (Å²) >= 11 is 5.25. The van der Waals surface area contributed by atoms with Gasteiger partial charge in [0.25, 0.3) is 0 Å². The topological polar surface area (TPSA) is 64.2 Å². The fourth-order valence-corrected chi connectivity index (χ4v) is 2.41. The maximum atomic E-state index is 5.72. The second kappa shape index (κ2) is 8.34. The van der Waals surface area contributed by atoms with Crippen LogP contribution in [0.4, 0.5) is 5.69 Å². The fourth-order valence-electron chi connectivity index (χ4n) is 2.22. The highest BCUT2D eigenvalue weighted by Crippen LogP contribution is 2.13. The van der Waals surface area contributed by atoms with E-state index in [2.05, 4.69) is 34.8 Å². The first-order chi connectivity index (χ1) is 12.2. The van der Waals surface area contributed by atoms with Gasteiger partial charge in [-0.3, -0.25) is 0 Å². The summed E-state index contributed by atoms with van der Waals surface area (Å²) in [4.78, 5) is 0. The van der Waals surface area contributed by atoms with Crippen molar-refractivity contribution in [3.05, 3.63) is 66.4 Å². The van der Waals surface area contributed by atoms with Gasteiger partial charge in [0.15, 0.2) is 11.8 Å². The van der Waals surface area contributed by atoms with Gasteiger partial charge in [0.1, 0.15) is 11.5 Å². The van der Waals surface area contributed by atoms with E-state index >= 15 is 0 Å². The van der Waals surface area contributed by atoms with Crippen molar-refractivity contribution in [1.29, 1.82) is 0 Å². The van der Waals surface area contributed by atoms with Gasteiger partial charge >= 0.3 is 0 Å². The lowest BCUT2D eigenvalue weighted by Gasteiger charge is -2.08. The normalized spacial score (nSPS) is 10.4. The molecule has 0 bridgehead atoms. The van der Waals surface area contributed by atoms with Crippen molar-refractivity contribution in [1.82, 2.24) is 15.1 Å². The van der Waals surface area contributed by atoms with E-state index in [1.54, 1.807) is 17.1 Å². The van der Waals surface area contributed by atoms with E-state index < -0.39 is 0 Å². The van der Waals surface area contributed by atoms with Gasteiger partial charge in [-0.2, -0.15) is 5.10 Å². The number of thiocarbonyl (C=S) groups is 1. The SMILES string of the molecule is CCc1ccc(OCn2cc(NC(=S)NCc3ccco3)cn2)cc1. The van der Waals surface area contributed by atoms with Crippen molar-refractivity contribution in [3.8, 4) is 5.75 Å². The molecule has 2 N–H and O–H groups in total. The number of rotatable bonds is 7. The first-order valence-electron chi connectivity index (χ1n) is 8.04. The van der Waals surface area contributed by atoms with Crippen LogP contribution in [0.15, 0.2) is 59.5 Å². The fraction of sp³-hybridized carbons (Fsp3) is 0.222. The van der Waals surface area contributed by atoms with Gasteiger partial charge in [-0.05, 0) is 48.5 Å². The molecule has 2 aromatic heterocycles. The second-order valence-corrected chi connectivity index (χ2v) is 5.83. The summed E-state index contributed by atoms with van der Waals surface area (Å²) < 4.78 is 12.7. The number of furan rings is 1. The van der Waals surface area contributed by atoms with Crippen LogP contribution in [-0.4, -0.2) is 14.9 Å². The molecule has 6 nitrogen and oxygen atoms in total. The van der Waals surface area contributed by atoms with Crippen LogP contribution in [0, 0.1) is 0 Å². The standard InChI is InChI=1S/C18H20N4O2S/c1-2-14-5-7-16(8-6-14)24-13-22-12-15(10-20-22)21-18(25)19-11-17-4-3-9-23-17/h3-10,12H,2,11,13H2,1H3,(H2,19,21,25). The zero-order valence-electron chi connectivity index (χ0n) is 13.9. The molecular formula is C18H20N4O2S. The number of nitrogens with one attached hydrogen (secondary N) is 2. The summed E-state index contributed by atoms with van der Waals surface area (Å²) in [6.45, 7) is 2.99. The summed E-state index contributed by atoms with van der Waals surface area (Å²) in [7, 11) is 0. The van der Waals surface area contributed by atoms with Crippen molar-refractivity contribution < 1.29 is 9.15 Å². The average Bonchev–Trinajstić information content (AvgIpc) is 3.30. The van der Waals surface area contributed by atoms with Gasteiger partial charge in [0.05, 0.1) is 30.9 Å². The Morgan fingerprint density at radius 1 is 1.28 bits per heavy atom. The molecule has 2 heterocycles. The van der Waals surface area contributed by atoms with E-state index in [1.165, 1.54) is 5.56 Å². The molecule has 7 heteroatoms. The molecule has 0 aliphatic heterocycles. The van der Waals surface area contributed by atoms with Crippen molar-refractivity contribution in [2.75, 3.05) is 5.32 Å². The minimum Gasteiger partial charge on any atom is -0.471 e. The lowest BCUT2D eigenvalue weighted by Crippen LogP contribution is -2.27. The molecule has 1 aromatic carbocycles. The van der Waals surface area contributed by atoms with Gasteiger partial charge in [0, 0.05) is 0 Å². The molecule has 0 saturated heterocycles. The minimum absolute atomic E-state index is 0.333. The number of nitrogens with zero attached hydrogens (tertiary/aromatic N) is 2. The molecule has 3 rings (SSSR count). The molecule has 0 unspecified atom stereocenters. The van der Waals surface area contributed by atoms with E-state index in [-0.39, 0.29) is 0 Å². The average molecular weight is 356 g/mol. The Morgan fingerprint density at radius 3 is 2.84 bits per heavy atom. The lowest BCUT2D eigenvalue weighted by atomic mass is 10.2. The Labute approximate surface area is 151 Å². The number of ether oxygens (including phenoxy) is 1. The molecule has 0 atom stereocenters. The van der Waals surface area contributed by atoms with Gasteiger partial charge in [-0.15, -0.1) is 0 Å². The highest BCUT2D eigenvalue weighted by molar-refractivity contribution is 7.80. The quantitative estimate of drug-likeness (QED) is 0.631. The van der Waals surface area contributed by atoms with Gasteiger partial charge in [0.2, 0.25) is 0 Å². The molecule has 0 spiro atoms. The first-order valence-corrected chi connectivity index (χ1v) is 8.45. The third kappa shape index (κ3) is 5.09. The van der Waals surface area contributed by atoms with Crippen LogP contribution in [0.25, 0.3) is 0 Å². The Morgan fingerprint density at radius 2 is 2.12 bits per heavy atom. The zero-order chi connectivity index (χ0) is 17.5. The van der Waals surface area contributed by atoms with Gasteiger partial charge in [-0.25, -0.2) is 4.68 Å². The van der Waals surface area contributed by atoms with Gasteiger partial charge in [-0.1, -0.05) is 19.1 Å². The van der Waals surface area contributed by atoms with Crippen LogP contribution < -0.4 is 15.4 Å². The van der Waals surface area contributed by atoms with E-state index in [1.807, 2.05) is 30.5 Å². The van der Waals surface area contributed by atoms with Crippen molar-refractivity contribution >= 4 is 23.0 Å². The van der Waals surface area contributed by atoms with Crippen LogP contribution in [0.2, 0.25) is 0 Å². The second-order valence-electron chi connectivity index (χ2n) is 5.43. The van der Waals surface area contributed by atoms with E-state index in [4.69, 9.17) is 21.4 Å². The highest BCUT2D eigenvalue weighted by Gasteiger charge is 2.03. The lowest BCUT2D eigenvalue weighted by molar-refractivity contribution is 0.221. The largest absolute Gasteiger partial charge is 0.471 e. The smallest absolute Gasteiger partial charge is 0.180 e. The Hall–Kier alpha value is -2.80. The van der Waals surface area contributed by atoms with Gasteiger partial charge < -0.3 is 19.8 Å². The van der Waals surface area contributed by atoms with Crippen LogP contribution in [-0.2, 0) is 19.7 Å². The minimum atomic E-state index is 0.333. The molecule has 0 aliphatic carbocycles. The maximum absolute atomic E-state index is 5.72. The number of hydrogen-bond acceptors (Lipinski definition) is 4. The molecule has 0 aliphatic rings.